The largest absolute Gasteiger partial charge is 0.394 e. The van der Waals surface area contributed by atoms with Gasteiger partial charge in [0.1, 0.15) is 5.82 Å². The van der Waals surface area contributed by atoms with Crippen LogP contribution in [0.2, 0.25) is 0 Å². The van der Waals surface area contributed by atoms with Crippen molar-refractivity contribution in [1.29, 1.82) is 0 Å². The van der Waals surface area contributed by atoms with Crippen LogP contribution < -0.4 is 11.1 Å². The predicted molar refractivity (Wildman–Crippen MR) is 62.9 cm³/mol. The van der Waals surface area contributed by atoms with Gasteiger partial charge in [-0.3, -0.25) is 4.68 Å². The molecule has 0 radical (unpaired) electrons. The molecule has 1 aliphatic carbocycles. The van der Waals surface area contributed by atoms with E-state index in [9.17, 15) is 0 Å². The second kappa shape index (κ2) is 3.43. The Kier molecular flexibility index (Phi) is 2.37. The summed E-state index contributed by atoms with van der Waals surface area (Å²) in [7, 11) is 1.94. The highest BCUT2D eigenvalue weighted by Crippen LogP contribution is 2.36. The van der Waals surface area contributed by atoms with Crippen molar-refractivity contribution in [3.8, 4) is 0 Å². The lowest BCUT2D eigenvalue weighted by Crippen LogP contribution is -2.09. The first-order valence-corrected chi connectivity index (χ1v) is 5.59. The minimum Gasteiger partial charge on any atom is -0.394 e. The number of aromatic nitrogens is 2. The van der Waals surface area contributed by atoms with Crippen molar-refractivity contribution < 1.29 is 0 Å². The van der Waals surface area contributed by atoms with Crippen LogP contribution in [0.4, 0.5) is 11.5 Å². The van der Waals surface area contributed by atoms with E-state index in [2.05, 4.69) is 31.2 Å². The number of nitrogen functional groups attached to an aromatic ring is 1. The van der Waals surface area contributed by atoms with Gasteiger partial charge in [-0.25, -0.2) is 0 Å². The van der Waals surface area contributed by atoms with E-state index in [-0.39, 0.29) is 0 Å². The van der Waals surface area contributed by atoms with Gasteiger partial charge in [-0.1, -0.05) is 20.8 Å². The molecule has 0 spiro atoms. The van der Waals surface area contributed by atoms with Gasteiger partial charge in [0.05, 0.1) is 11.4 Å². The molecule has 1 fully saturated rings. The molecule has 15 heavy (non-hydrogen) atoms. The highest BCUT2D eigenvalue weighted by atomic mass is 15.3. The van der Waals surface area contributed by atoms with E-state index < -0.39 is 0 Å². The summed E-state index contributed by atoms with van der Waals surface area (Å²) in [5.41, 5.74) is 7.89. The molecule has 2 atom stereocenters. The van der Waals surface area contributed by atoms with Crippen molar-refractivity contribution in [3.63, 3.8) is 0 Å². The lowest BCUT2D eigenvalue weighted by Gasteiger charge is -2.06. The zero-order valence-electron chi connectivity index (χ0n) is 9.91. The Morgan fingerprint density at radius 1 is 1.53 bits per heavy atom. The fraction of sp³-hybridized carbons (Fsp3) is 0.727. The zero-order chi connectivity index (χ0) is 11.2. The van der Waals surface area contributed by atoms with Gasteiger partial charge in [0.2, 0.25) is 0 Å². The fourth-order valence-corrected chi connectivity index (χ4v) is 1.86. The van der Waals surface area contributed by atoms with Crippen molar-refractivity contribution in [1.82, 2.24) is 9.78 Å². The summed E-state index contributed by atoms with van der Waals surface area (Å²) in [5, 5.41) is 7.90. The summed E-state index contributed by atoms with van der Waals surface area (Å²) in [6.45, 7) is 6.47. The summed E-state index contributed by atoms with van der Waals surface area (Å²) >= 11 is 0. The molecule has 0 amide bonds. The molecule has 4 nitrogen and oxygen atoms in total. The summed E-state index contributed by atoms with van der Waals surface area (Å²) < 4.78 is 1.86. The van der Waals surface area contributed by atoms with Crippen molar-refractivity contribution in [3.05, 3.63) is 5.69 Å². The summed E-state index contributed by atoms with van der Waals surface area (Å²) in [6.07, 6.45) is 1.24. The normalized spacial score (nSPS) is 24.6. The van der Waals surface area contributed by atoms with Gasteiger partial charge in [0.15, 0.2) is 0 Å². The number of nitrogens with two attached hydrogens (primary N) is 1. The average Bonchev–Trinajstić information content (AvgIpc) is 2.77. The Morgan fingerprint density at radius 2 is 2.13 bits per heavy atom. The minimum atomic E-state index is 0.378. The van der Waals surface area contributed by atoms with Gasteiger partial charge in [-0.05, 0) is 18.3 Å². The predicted octanol–water partition coefficient (Wildman–Crippen LogP) is 1.95. The molecular weight excluding hydrogens is 188 g/mol. The van der Waals surface area contributed by atoms with Crippen molar-refractivity contribution in [2.24, 2.45) is 13.0 Å². The SMILES string of the molecule is CC(C)c1nn(C)c(NC2CC2C)c1N. The zero-order valence-corrected chi connectivity index (χ0v) is 9.91. The second-order valence-electron chi connectivity index (χ2n) is 4.89. The number of rotatable bonds is 3. The van der Waals surface area contributed by atoms with Gasteiger partial charge in [-0.2, -0.15) is 5.10 Å². The molecule has 0 saturated heterocycles. The van der Waals surface area contributed by atoms with Crippen LogP contribution in [-0.2, 0) is 7.05 Å². The molecule has 1 saturated carbocycles. The molecule has 0 aliphatic heterocycles. The molecule has 0 bridgehead atoms. The Balaban J connectivity index is 2.22. The van der Waals surface area contributed by atoms with E-state index in [1.54, 1.807) is 0 Å². The van der Waals surface area contributed by atoms with Crippen LogP contribution in [0.15, 0.2) is 0 Å². The minimum absolute atomic E-state index is 0.378. The molecule has 1 aromatic rings. The number of anilines is 2. The molecule has 1 aromatic heterocycles. The monoisotopic (exact) mass is 208 g/mol. The number of aryl methyl sites for hydroxylation is 1. The molecular formula is C11H20N4. The Labute approximate surface area is 90.8 Å². The average molecular weight is 208 g/mol. The molecule has 3 N–H and O–H groups in total. The third-order valence-electron chi connectivity index (χ3n) is 3.09. The molecule has 1 aliphatic rings. The molecule has 4 heteroatoms. The van der Waals surface area contributed by atoms with Gasteiger partial charge in [0.25, 0.3) is 0 Å². The van der Waals surface area contributed by atoms with E-state index in [0.717, 1.165) is 23.1 Å². The van der Waals surface area contributed by atoms with Gasteiger partial charge in [-0.15, -0.1) is 0 Å². The first kappa shape index (κ1) is 10.3. The van der Waals surface area contributed by atoms with Gasteiger partial charge < -0.3 is 11.1 Å². The highest BCUT2D eigenvalue weighted by molar-refractivity contribution is 5.66. The molecule has 84 valence electrons. The standard InChI is InChI=1S/C11H20N4/c1-6(2)10-9(12)11(15(4)14-10)13-8-5-7(8)3/h6-8,13H,5,12H2,1-4H3. The molecule has 0 aromatic carbocycles. The van der Waals surface area contributed by atoms with Crippen molar-refractivity contribution in [2.45, 2.75) is 39.2 Å². The van der Waals surface area contributed by atoms with E-state index in [1.807, 2.05) is 11.7 Å². The van der Waals surface area contributed by atoms with E-state index >= 15 is 0 Å². The van der Waals surface area contributed by atoms with E-state index in [1.165, 1.54) is 6.42 Å². The Hall–Kier alpha value is -1.19. The first-order valence-electron chi connectivity index (χ1n) is 5.59. The van der Waals surface area contributed by atoms with E-state index in [0.29, 0.717) is 12.0 Å². The van der Waals surface area contributed by atoms with Crippen LogP contribution in [0, 0.1) is 5.92 Å². The van der Waals surface area contributed by atoms with Crippen molar-refractivity contribution in [2.75, 3.05) is 11.1 Å². The molecule has 2 unspecified atom stereocenters. The van der Waals surface area contributed by atoms with Crippen LogP contribution in [0.1, 0.15) is 38.8 Å². The maximum atomic E-state index is 6.08. The smallest absolute Gasteiger partial charge is 0.148 e. The topological polar surface area (TPSA) is 55.9 Å². The second-order valence-corrected chi connectivity index (χ2v) is 4.89. The lowest BCUT2D eigenvalue weighted by atomic mass is 10.1. The molecule has 1 heterocycles. The highest BCUT2D eigenvalue weighted by Gasteiger charge is 2.34. The number of nitrogens with one attached hydrogen (secondary N) is 1. The third-order valence-corrected chi connectivity index (χ3v) is 3.09. The number of hydrogen-bond donors (Lipinski definition) is 2. The maximum absolute atomic E-state index is 6.08. The Morgan fingerprint density at radius 3 is 2.53 bits per heavy atom. The summed E-state index contributed by atoms with van der Waals surface area (Å²) in [5.74, 6) is 2.12. The first-order chi connectivity index (χ1) is 7.00. The van der Waals surface area contributed by atoms with Gasteiger partial charge >= 0.3 is 0 Å². The van der Waals surface area contributed by atoms with Crippen LogP contribution >= 0.6 is 0 Å². The van der Waals surface area contributed by atoms with E-state index in [4.69, 9.17) is 5.73 Å². The van der Waals surface area contributed by atoms with Crippen LogP contribution in [0.25, 0.3) is 0 Å². The molecule has 2 rings (SSSR count). The number of nitrogens with zero attached hydrogens (tertiary/aromatic N) is 2. The Bertz CT molecular complexity index is 367. The lowest BCUT2D eigenvalue weighted by molar-refractivity contribution is 0.713. The summed E-state index contributed by atoms with van der Waals surface area (Å²) in [6, 6.07) is 0.586. The van der Waals surface area contributed by atoms with Crippen LogP contribution in [-0.4, -0.2) is 15.8 Å². The summed E-state index contributed by atoms with van der Waals surface area (Å²) in [4.78, 5) is 0. The van der Waals surface area contributed by atoms with Gasteiger partial charge in [0, 0.05) is 13.1 Å². The maximum Gasteiger partial charge on any atom is 0.148 e. The fourth-order valence-electron chi connectivity index (χ4n) is 1.86. The number of hydrogen-bond acceptors (Lipinski definition) is 3. The quantitative estimate of drug-likeness (QED) is 0.798. The van der Waals surface area contributed by atoms with Crippen LogP contribution in [0.5, 0.6) is 0 Å². The third kappa shape index (κ3) is 1.80. The van der Waals surface area contributed by atoms with Crippen molar-refractivity contribution >= 4 is 11.5 Å². The van der Waals surface area contributed by atoms with Crippen LogP contribution in [0.3, 0.4) is 0 Å².